The molecule has 0 aliphatic carbocycles. The fourth-order valence-electron chi connectivity index (χ4n) is 1.86. The van der Waals surface area contributed by atoms with Crippen LogP contribution in [0.4, 0.5) is 5.69 Å². The molecule has 0 radical (unpaired) electrons. The van der Waals surface area contributed by atoms with Crippen LogP contribution in [-0.4, -0.2) is 36.0 Å². The summed E-state index contributed by atoms with van der Waals surface area (Å²) >= 11 is 0. The molecule has 1 aliphatic rings. The van der Waals surface area contributed by atoms with Gasteiger partial charge in [0.15, 0.2) is 0 Å². The normalized spacial score (nSPS) is 13.9. The number of ether oxygens (including phenoxy) is 1. The van der Waals surface area contributed by atoms with E-state index in [1.165, 1.54) is 18.2 Å². The minimum absolute atomic E-state index is 0.0186. The second-order valence-electron chi connectivity index (χ2n) is 3.82. The molecule has 0 bridgehead atoms. The van der Waals surface area contributed by atoms with E-state index in [1.54, 1.807) is 12.0 Å². The smallest absolute Gasteiger partial charge is 0.269 e. The summed E-state index contributed by atoms with van der Waals surface area (Å²) in [6.07, 6.45) is 0. The summed E-state index contributed by atoms with van der Waals surface area (Å²) in [5.74, 6) is -0.0908. The van der Waals surface area contributed by atoms with Gasteiger partial charge in [-0.1, -0.05) is 0 Å². The van der Waals surface area contributed by atoms with E-state index in [0.717, 1.165) is 0 Å². The number of nitrogens with zero attached hydrogens (tertiary/aromatic N) is 2. The van der Waals surface area contributed by atoms with Crippen LogP contribution >= 0.6 is 0 Å². The van der Waals surface area contributed by atoms with Gasteiger partial charge in [0, 0.05) is 37.9 Å². The number of nitro benzene ring substituents is 1. The van der Waals surface area contributed by atoms with Gasteiger partial charge in [-0.15, -0.1) is 0 Å². The molecule has 1 heterocycles. The lowest BCUT2D eigenvalue weighted by molar-refractivity contribution is -0.384. The van der Waals surface area contributed by atoms with Crippen LogP contribution < -0.4 is 0 Å². The monoisotopic (exact) mass is 236 g/mol. The van der Waals surface area contributed by atoms with Crippen molar-refractivity contribution in [3.63, 3.8) is 0 Å². The molecule has 0 N–H and O–H groups in total. The fraction of sp³-hybridized carbons (Fsp3) is 0.364. The molecule has 0 aromatic heterocycles. The molecule has 0 saturated carbocycles. The van der Waals surface area contributed by atoms with Crippen LogP contribution in [0, 0.1) is 10.1 Å². The fourth-order valence-corrected chi connectivity index (χ4v) is 1.86. The first-order chi connectivity index (χ1) is 8.13. The number of methoxy groups -OCH3 is 1. The molecule has 0 spiro atoms. The van der Waals surface area contributed by atoms with Gasteiger partial charge in [-0.25, -0.2) is 0 Å². The lowest BCUT2D eigenvalue weighted by Crippen LogP contribution is -2.27. The highest BCUT2D eigenvalue weighted by Gasteiger charge is 2.28. The number of carbonyl (C=O) groups is 1. The molecular formula is C11H12N2O4. The molecule has 6 heteroatoms. The highest BCUT2D eigenvalue weighted by Crippen LogP contribution is 2.26. The van der Waals surface area contributed by atoms with Crippen LogP contribution in [0.3, 0.4) is 0 Å². The Kier molecular flexibility index (Phi) is 3.06. The summed E-state index contributed by atoms with van der Waals surface area (Å²) in [6.45, 7) is 1.37. The summed E-state index contributed by atoms with van der Waals surface area (Å²) in [7, 11) is 1.57. The number of fused-ring (bicyclic) bond motifs is 1. The van der Waals surface area contributed by atoms with Crippen LogP contribution in [0.5, 0.6) is 0 Å². The largest absolute Gasteiger partial charge is 0.383 e. The zero-order valence-corrected chi connectivity index (χ0v) is 9.38. The summed E-state index contributed by atoms with van der Waals surface area (Å²) in [5.41, 5.74) is 1.28. The second kappa shape index (κ2) is 4.50. The Morgan fingerprint density at radius 2 is 2.29 bits per heavy atom. The topological polar surface area (TPSA) is 72.7 Å². The van der Waals surface area contributed by atoms with Gasteiger partial charge in [-0.3, -0.25) is 14.9 Å². The Labute approximate surface area is 97.9 Å². The quantitative estimate of drug-likeness (QED) is 0.581. The maximum Gasteiger partial charge on any atom is 0.269 e. The van der Waals surface area contributed by atoms with Crippen LogP contribution in [0.1, 0.15) is 15.9 Å². The van der Waals surface area contributed by atoms with E-state index in [4.69, 9.17) is 4.74 Å². The van der Waals surface area contributed by atoms with Gasteiger partial charge < -0.3 is 9.64 Å². The van der Waals surface area contributed by atoms with E-state index < -0.39 is 4.92 Å². The minimum Gasteiger partial charge on any atom is -0.383 e. The van der Waals surface area contributed by atoms with Gasteiger partial charge in [0.1, 0.15) is 0 Å². The van der Waals surface area contributed by atoms with Crippen LogP contribution in [-0.2, 0) is 11.3 Å². The third-order valence-corrected chi connectivity index (χ3v) is 2.74. The van der Waals surface area contributed by atoms with Crippen LogP contribution in [0.2, 0.25) is 0 Å². The minimum atomic E-state index is -0.456. The Morgan fingerprint density at radius 1 is 1.53 bits per heavy atom. The van der Waals surface area contributed by atoms with Crippen molar-refractivity contribution < 1.29 is 14.5 Å². The van der Waals surface area contributed by atoms with Gasteiger partial charge in [0.25, 0.3) is 11.6 Å². The van der Waals surface area contributed by atoms with Crippen LogP contribution in [0.15, 0.2) is 18.2 Å². The number of carbonyl (C=O) groups excluding carboxylic acids is 1. The van der Waals surface area contributed by atoms with E-state index in [1.807, 2.05) is 0 Å². The van der Waals surface area contributed by atoms with E-state index in [2.05, 4.69) is 0 Å². The van der Waals surface area contributed by atoms with Crippen molar-refractivity contribution in [3.8, 4) is 0 Å². The molecule has 1 aliphatic heterocycles. The molecule has 90 valence electrons. The first-order valence-electron chi connectivity index (χ1n) is 5.19. The molecule has 0 unspecified atom stereocenters. The van der Waals surface area contributed by atoms with Gasteiger partial charge >= 0.3 is 0 Å². The van der Waals surface area contributed by atoms with E-state index in [9.17, 15) is 14.9 Å². The first-order valence-corrected chi connectivity index (χ1v) is 5.19. The summed E-state index contributed by atoms with van der Waals surface area (Å²) in [6, 6.07) is 4.33. The Balaban J connectivity index is 2.22. The first kappa shape index (κ1) is 11.5. The van der Waals surface area contributed by atoms with Crippen molar-refractivity contribution in [1.29, 1.82) is 0 Å². The zero-order valence-electron chi connectivity index (χ0n) is 9.38. The SMILES string of the molecule is COCCN1Cc2cc([N+](=O)[O-])ccc2C1=O. The Morgan fingerprint density at radius 3 is 2.94 bits per heavy atom. The average Bonchev–Trinajstić information content (AvgIpc) is 2.63. The predicted octanol–water partition coefficient (Wildman–Crippen LogP) is 1.20. The van der Waals surface area contributed by atoms with Crippen molar-refractivity contribution in [2.45, 2.75) is 6.54 Å². The highest BCUT2D eigenvalue weighted by molar-refractivity contribution is 5.98. The Bertz CT molecular complexity index is 473. The molecular weight excluding hydrogens is 224 g/mol. The van der Waals surface area contributed by atoms with E-state index in [-0.39, 0.29) is 11.6 Å². The average molecular weight is 236 g/mol. The molecule has 0 saturated heterocycles. The molecule has 0 atom stereocenters. The molecule has 17 heavy (non-hydrogen) atoms. The number of benzene rings is 1. The standard InChI is InChI=1S/C11H12N2O4/c1-17-5-4-12-7-8-6-9(13(15)16)2-3-10(8)11(12)14/h2-3,6H,4-5,7H2,1H3. The molecule has 1 aromatic carbocycles. The number of hydrogen-bond acceptors (Lipinski definition) is 4. The highest BCUT2D eigenvalue weighted by atomic mass is 16.6. The van der Waals surface area contributed by atoms with Crippen molar-refractivity contribution >= 4 is 11.6 Å². The molecule has 6 nitrogen and oxygen atoms in total. The third kappa shape index (κ3) is 2.12. The third-order valence-electron chi connectivity index (χ3n) is 2.74. The lowest BCUT2D eigenvalue weighted by Gasteiger charge is -2.14. The van der Waals surface area contributed by atoms with Gasteiger partial charge in [-0.2, -0.15) is 0 Å². The zero-order chi connectivity index (χ0) is 12.4. The molecule has 0 fully saturated rings. The molecule has 1 amide bonds. The second-order valence-corrected chi connectivity index (χ2v) is 3.82. The van der Waals surface area contributed by atoms with Crippen molar-refractivity contribution in [1.82, 2.24) is 4.90 Å². The van der Waals surface area contributed by atoms with E-state index in [0.29, 0.717) is 30.8 Å². The summed E-state index contributed by atoms with van der Waals surface area (Å²) < 4.78 is 4.91. The van der Waals surface area contributed by atoms with Crippen LogP contribution in [0.25, 0.3) is 0 Å². The maximum atomic E-state index is 11.9. The predicted molar refractivity (Wildman–Crippen MR) is 59.7 cm³/mol. The Hall–Kier alpha value is -1.95. The number of non-ortho nitro benzene ring substituents is 1. The van der Waals surface area contributed by atoms with E-state index >= 15 is 0 Å². The van der Waals surface area contributed by atoms with Gasteiger partial charge in [-0.05, 0) is 11.6 Å². The molecule has 1 aromatic rings. The van der Waals surface area contributed by atoms with Crippen molar-refractivity contribution in [3.05, 3.63) is 39.4 Å². The lowest BCUT2D eigenvalue weighted by atomic mass is 10.1. The summed E-state index contributed by atoms with van der Waals surface area (Å²) in [5, 5.41) is 10.6. The number of rotatable bonds is 4. The summed E-state index contributed by atoms with van der Waals surface area (Å²) in [4.78, 5) is 23.7. The maximum absolute atomic E-state index is 11.9. The van der Waals surface area contributed by atoms with Gasteiger partial charge in [0.2, 0.25) is 0 Å². The number of hydrogen-bond donors (Lipinski definition) is 0. The van der Waals surface area contributed by atoms with Gasteiger partial charge in [0.05, 0.1) is 11.5 Å². The van der Waals surface area contributed by atoms with Crippen molar-refractivity contribution in [2.75, 3.05) is 20.3 Å². The number of amides is 1. The van der Waals surface area contributed by atoms with Crippen molar-refractivity contribution in [2.24, 2.45) is 0 Å². The molecule has 2 rings (SSSR count). The number of nitro groups is 1.